The summed E-state index contributed by atoms with van der Waals surface area (Å²) < 4.78 is 27.1. The summed E-state index contributed by atoms with van der Waals surface area (Å²) in [4.78, 5) is 26.7. The minimum atomic E-state index is -3.71. The van der Waals surface area contributed by atoms with E-state index in [1.807, 2.05) is 6.07 Å². The molecule has 1 aromatic heterocycles. The summed E-state index contributed by atoms with van der Waals surface area (Å²) in [6.45, 7) is 3.44. The van der Waals surface area contributed by atoms with Crippen molar-refractivity contribution in [2.24, 2.45) is 0 Å². The van der Waals surface area contributed by atoms with Crippen LogP contribution in [0.2, 0.25) is 0 Å². The fourth-order valence-electron chi connectivity index (χ4n) is 3.39. The number of nitrogens with one attached hydrogen (secondary N) is 3. The Balaban J connectivity index is 1.65. The van der Waals surface area contributed by atoms with Crippen LogP contribution in [-0.4, -0.2) is 26.3 Å². The van der Waals surface area contributed by atoms with E-state index in [0.717, 1.165) is 25.7 Å². The van der Waals surface area contributed by atoms with Crippen LogP contribution in [0.3, 0.4) is 0 Å². The van der Waals surface area contributed by atoms with E-state index in [-0.39, 0.29) is 22.4 Å². The van der Waals surface area contributed by atoms with Crippen LogP contribution < -0.4 is 15.6 Å². The lowest BCUT2D eigenvalue weighted by Crippen LogP contribution is -2.41. The number of hydrazine groups is 1. The van der Waals surface area contributed by atoms with Crippen molar-refractivity contribution in [2.45, 2.75) is 63.3 Å². The largest absolute Gasteiger partial charge is 0.279 e. The highest BCUT2D eigenvalue weighted by Gasteiger charge is 2.19. The van der Waals surface area contributed by atoms with E-state index in [0.29, 0.717) is 4.88 Å². The molecule has 0 fully saturated rings. The zero-order valence-corrected chi connectivity index (χ0v) is 18.8. The maximum absolute atomic E-state index is 12.5. The van der Waals surface area contributed by atoms with Crippen LogP contribution in [-0.2, 0) is 22.9 Å². The second-order valence-corrected chi connectivity index (χ2v) is 10.5. The highest BCUT2D eigenvalue weighted by atomic mass is 32.2. The van der Waals surface area contributed by atoms with Gasteiger partial charge in [0.05, 0.1) is 9.77 Å². The molecule has 0 aliphatic heterocycles. The monoisotopic (exact) mass is 449 g/mol. The fraction of sp³-hybridized carbons (Fsp3) is 0.429. The van der Waals surface area contributed by atoms with Gasteiger partial charge >= 0.3 is 0 Å². The number of aryl methyl sites for hydroxylation is 2. The third-order valence-corrected chi connectivity index (χ3v) is 7.70. The molecular weight excluding hydrogens is 422 g/mol. The maximum Gasteiger partial charge on any atom is 0.279 e. The van der Waals surface area contributed by atoms with Crippen molar-refractivity contribution in [3.05, 3.63) is 51.2 Å². The first-order valence-electron chi connectivity index (χ1n) is 10.1. The van der Waals surface area contributed by atoms with Crippen molar-refractivity contribution in [2.75, 3.05) is 0 Å². The SMILES string of the molecule is CC(C)NS(=O)(=O)c1cccc(C(=O)NNC(=O)c2cc3c(s2)CCCCCC3)c1. The number of amides is 2. The molecule has 0 saturated carbocycles. The molecule has 1 aliphatic rings. The molecule has 0 radical (unpaired) electrons. The molecule has 30 heavy (non-hydrogen) atoms. The highest BCUT2D eigenvalue weighted by molar-refractivity contribution is 7.89. The number of hydrogen-bond donors (Lipinski definition) is 3. The third-order valence-electron chi connectivity index (χ3n) is 4.81. The molecule has 162 valence electrons. The molecule has 0 spiro atoms. The molecule has 0 atom stereocenters. The van der Waals surface area contributed by atoms with E-state index in [1.165, 1.54) is 58.9 Å². The summed E-state index contributed by atoms with van der Waals surface area (Å²) in [5.41, 5.74) is 6.18. The predicted octanol–water partition coefficient (Wildman–Crippen LogP) is 3.17. The molecule has 0 saturated heterocycles. The summed E-state index contributed by atoms with van der Waals surface area (Å²) in [5, 5.41) is 0. The second kappa shape index (κ2) is 9.72. The minimum absolute atomic E-state index is 0.00626. The Kier molecular flexibility index (Phi) is 7.27. The first-order valence-corrected chi connectivity index (χ1v) is 12.4. The van der Waals surface area contributed by atoms with Crippen LogP contribution in [0.5, 0.6) is 0 Å². The average Bonchev–Trinajstić information content (AvgIpc) is 3.07. The number of carbonyl (C=O) groups is 2. The van der Waals surface area contributed by atoms with E-state index >= 15 is 0 Å². The van der Waals surface area contributed by atoms with Gasteiger partial charge < -0.3 is 0 Å². The topological polar surface area (TPSA) is 104 Å². The fourth-order valence-corrected chi connectivity index (χ4v) is 5.83. The van der Waals surface area contributed by atoms with Crippen LogP contribution in [0.1, 0.15) is 70.0 Å². The highest BCUT2D eigenvalue weighted by Crippen LogP contribution is 2.28. The normalized spacial score (nSPS) is 14.5. The molecule has 2 amide bonds. The maximum atomic E-state index is 12.5. The molecule has 3 rings (SSSR count). The summed E-state index contributed by atoms with van der Waals surface area (Å²) in [6, 6.07) is 7.33. The molecule has 7 nitrogen and oxygen atoms in total. The van der Waals surface area contributed by atoms with Crippen molar-refractivity contribution >= 4 is 33.2 Å². The first kappa shape index (κ1) is 22.5. The molecule has 1 aromatic carbocycles. The molecular formula is C21H27N3O4S2. The standard InChI is InChI=1S/C21H27N3O4S2/c1-14(2)24-30(27,28)17-10-7-9-16(12-17)20(25)22-23-21(26)19-13-15-8-5-3-4-6-11-18(15)29-19/h7,9-10,12-14,24H,3-6,8,11H2,1-2H3,(H,22,25)(H,23,26). The number of thiophene rings is 1. The number of benzene rings is 1. The van der Waals surface area contributed by atoms with Gasteiger partial charge in [0.1, 0.15) is 0 Å². The zero-order valence-electron chi connectivity index (χ0n) is 17.2. The average molecular weight is 450 g/mol. The number of carbonyl (C=O) groups excluding carboxylic acids is 2. The van der Waals surface area contributed by atoms with E-state index < -0.39 is 15.9 Å². The number of fused-ring (bicyclic) bond motifs is 1. The van der Waals surface area contributed by atoms with Gasteiger partial charge in [-0.05, 0) is 69.4 Å². The van der Waals surface area contributed by atoms with Gasteiger partial charge in [-0.1, -0.05) is 18.9 Å². The van der Waals surface area contributed by atoms with Crippen LogP contribution in [0.4, 0.5) is 0 Å². The summed E-state index contributed by atoms with van der Waals surface area (Å²) in [7, 11) is -3.71. The summed E-state index contributed by atoms with van der Waals surface area (Å²) in [5.74, 6) is -0.954. The van der Waals surface area contributed by atoms with Crippen molar-refractivity contribution < 1.29 is 18.0 Å². The zero-order chi connectivity index (χ0) is 21.7. The quantitative estimate of drug-likeness (QED) is 0.610. The van der Waals surface area contributed by atoms with E-state index in [1.54, 1.807) is 13.8 Å². The predicted molar refractivity (Wildman–Crippen MR) is 117 cm³/mol. The van der Waals surface area contributed by atoms with Gasteiger partial charge in [-0.25, -0.2) is 13.1 Å². The van der Waals surface area contributed by atoms with Gasteiger partial charge in [0.2, 0.25) is 10.0 Å². The van der Waals surface area contributed by atoms with Gasteiger partial charge in [-0.3, -0.25) is 20.4 Å². The number of sulfonamides is 1. The molecule has 1 aliphatic carbocycles. The molecule has 9 heteroatoms. The smallest absolute Gasteiger partial charge is 0.267 e. The van der Waals surface area contributed by atoms with Gasteiger partial charge in [0.25, 0.3) is 11.8 Å². The van der Waals surface area contributed by atoms with Crippen molar-refractivity contribution in [3.63, 3.8) is 0 Å². The van der Waals surface area contributed by atoms with Gasteiger partial charge in [0.15, 0.2) is 0 Å². The van der Waals surface area contributed by atoms with Gasteiger partial charge in [-0.15, -0.1) is 11.3 Å². The van der Waals surface area contributed by atoms with Crippen LogP contribution in [0.15, 0.2) is 35.2 Å². The minimum Gasteiger partial charge on any atom is -0.267 e. The lowest BCUT2D eigenvalue weighted by atomic mass is 10.00. The Bertz CT molecular complexity index is 1000. The first-order chi connectivity index (χ1) is 14.3. The molecule has 0 unspecified atom stereocenters. The van der Waals surface area contributed by atoms with Gasteiger partial charge in [0, 0.05) is 16.5 Å². The third kappa shape index (κ3) is 5.68. The Morgan fingerprint density at radius 1 is 0.967 bits per heavy atom. The number of rotatable bonds is 5. The molecule has 2 aromatic rings. The molecule has 0 bridgehead atoms. The lowest BCUT2D eigenvalue weighted by molar-refractivity contribution is 0.0848. The number of hydrogen-bond acceptors (Lipinski definition) is 5. The molecule has 1 heterocycles. The van der Waals surface area contributed by atoms with Gasteiger partial charge in [-0.2, -0.15) is 0 Å². The molecule has 3 N–H and O–H groups in total. The Morgan fingerprint density at radius 2 is 1.67 bits per heavy atom. The Morgan fingerprint density at radius 3 is 2.40 bits per heavy atom. The lowest BCUT2D eigenvalue weighted by Gasteiger charge is -2.11. The van der Waals surface area contributed by atoms with Crippen LogP contribution in [0.25, 0.3) is 0 Å². The summed E-state index contributed by atoms with van der Waals surface area (Å²) in [6.07, 6.45) is 6.68. The van der Waals surface area contributed by atoms with E-state index in [4.69, 9.17) is 0 Å². The van der Waals surface area contributed by atoms with Crippen molar-refractivity contribution in [1.82, 2.24) is 15.6 Å². The summed E-state index contributed by atoms with van der Waals surface area (Å²) >= 11 is 1.47. The van der Waals surface area contributed by atoms with Crippen LogP contribution >= 0.6 is 11.3 Å². The Hall–Kier alpha value is -2.23. The van der Waals surface area contributed by atoms with E-state index in [9.17, 15) is 18.0 Å². The second-order valence-electron chi connectivity index (χ2n) is 7.69. The van der Waals surface area contributed by atoms with Crippen LogP contribution in [0, 0.1) is 0 Å². The van der Waals surface area contributed by atoms with Crippen molar-refractivity contribution in [1.29, 1.82) is 0 Å². The van der Waals surface area contributed by atoms with E-state index in [2.05, 4.69) is 15.6 Å². The van der Waals surface area contributed by atoms with Crippen molar-refractivity contribution in [3.8, 4) is 0 Å². The Labute approximate surface area is 181 Å².